The molecule has 0 bridgehead atoms. The molecule has 5 rings (SSSR count). The lowest BCUT2D eigenvalue weighted by Gasteiger charge is -2.42. The van der Waals surface area contributed by atoms with Crippen molar-refractivity contribution in [2.45, 2.75) is 24.6 Å². The van der Waals surface area contributed by atoms with Crippen LogP contribution in [0.2, 0.25) is 0 Å². The van der Waals surface area contributed by atoms with Gasteiger partial charge in [-0.3, -0.25) is 9.59 Å². The highest BCUT2D eigenvalue weighted by Crippen LogP contribution is 2.51. The topological polar surface area (TPSA) is 37.4 Å². The van der Waals surface area contributed by atoms with Gasteiger partial charge >= 0.3 is 0 Å². The average Bonchev–Trinajstić information content (AvgIpc) is 3.02. The molecule has 2 aromatic rings. The Balaban J connectivity index is 1.68. The van der Waals surface area contributed by atoms with Crippen molar-refractivity contribution in [3.05, 3.63) is 101 Å². The Bertz CT molecular complexity index is 1070. The first-order valence-corrected chi connectivity index (χ1v) is 10.3. The number of allylic oxidation sites excluding steroid dienone is 2. The number of benzene rings is 2. The smallest absolute Gasteiger partial charge is 0.208 e. The van der Waals surface area contributed by atoms with Crippen molar-refractivity contribution in [2.24, 2.45) is 0 Å². The molecular formula is C24H19NO2S. The summed E-state index contributed by atoms with van der Waals surface area (Å²) in [5, 5.41) is -0.264. The average molecular weight is 385 g/mol. The molecule has 0 spiro atoms. The number of thioether (sulfide) groups is 1. The van der Waals surface area contributed by atoms with E-state index in [4.69, 9.17) is 0 Å². The molecule has 0 saturated heterocycles. The number of hydrogen-bond acceptors (Lipinski definition) is 4. The van der Waals surface area contributed by atoms with E-state index in [2.05, 4.69) is 11.0 Å². The van der Waals surface area contributed by atoms with Crippen LogP contribution in [0, 0.1) is 0 Å². The van der Waals surface area contributed by atoms with Crippen LogP contribution >= 0.6 is 11.8 Å². The van der Waals surface area contributed by atoms with E-state index in [1.54, 1.807) is 11.8 Å². The summed E-state index contributed by atoms with van der Waals surface area (Å²) < 4.78 is 0. The first kappa shape index (κ1) is 17.3. The number of carbonyl (C=O) groups is 2. The molecule has 138 valence electrons. The van der Waals surface area contributed by atoms with Gasteiger partial charge in [0.15, 0.2) is 5.78 Å². The second kappa shape index (κ2) is 6.64. The van der Waals surface area contributed by atoms with Gasteiger partial charge in [0.05, 0.1) is 11.3 Å². The van der Waals surface area contributed by atoms with Crippen LogP contribution in [0.3, 0.4) is 0 Å². The second-order valence-corrected chi connectivity index (χ2v) is 8.38. The van der Waals surface area contributed by atoms with Gasteiger partial charge in [0.2, 0.25) is 5.78 Å². The third-order valence-electron chi connectivity index (χ3n) is 5.59. The Morgan fingerprint density at radius 2 is 1.71 bits per heavy atom. The van der Waals surface area contributed by atoms with Crippen molar-refractivity contribution in [2.75, 3.05) is 0 Å². The van der Waals surface area contributed by atoms with Crippen LogP contribution in [0.4, 0.5) is 0 Å². The fourth-order valence-electron chi connectivity index (χ4n) is 4.20. The second-order valence-electron chi connectivity index (χ2n) is 7.23. The van der Waals surface area contributed by atoms with Crippen molar-refractivity contribution in [1.29, 1.82) is 0 Å². The molecule has 4 heteroatoms. The molecule has 0 unspecified atom stereocenters. The van der Waals surface area contributed by atoms with Crippen LogP contribution in [0.15, 0.2) is 89.8 Å². The van der Waals surface area contributed by atoms with E-state index in [-0.39, 0.29) is 22.9 Å². The minimum atomic E-state index is -0.264. The van der Waals surface area contributed by atoms with Gasteiger partial charge in [0.25, 0.3) is 0 Å². The zero-order valence-electron chi connectivity index (χ0n) is 15.5. The van der Waals surface area contributed by atoms with Crippen LogP contribution in [0.25, 0.3) is 4.91 Å². The first-order valence-electron chi connectivity index (χ1n) is 9.44. The van der Waals surface area contributed by atoms with Crippen LogP contribution in [0.5, 0.6) is 0 Å². The van der Waals surface area contributed by atoms with E-state index in [9.17, 15) is 9.59 Å². The molecule has 0 N–H and O–H groups in total. The lowest BCUT2D eigenvalue weighted by Crippen LogP contribution is -2.47. The minimum Gasteiger partial charge on any atom is -0.332 e. The van der Waals surface area contributed by atoms with Crippen molar-refractivity contribution >= 4 is 28.2 Å². The van der Waals surface area contributed by atoms with Gasteiger partial charge in [-0.1, -0.05) is 66.7 Å². The quantitative estimate of drug-likeness (QED) is 0.709. The molecule has 0 aliphatic carbocycles. The van der Waals surface area contributed by atoms with Gasteiger partial charge in [-0.25, -0.2) is 0 Å². The molecule has 0 aromatic heterocycles. The number of rotatable bonds is 3. The van der Waals surface area contributed by atoms with Gasteiger partial charge in [-0.2, -0.15) is 0 Å². The molecule has 2 atom stereocenters. The Hall–Kier alpha value is -2.85. The standard InChI is InChI=1S/C24H19NO2S/c1-15-18-13-8-14-19-24(22(27)16-9-4-2-5-10-16)28-23(17-11-6-3-7-12-17)20(21(15)26)25(18)19/h2-13,19,24H,14H2,1H3/t19-,24+/m0/s1. The zero-order chi connectivity index (χ0) is 19.3. The lowest BCUT2D eigenvalue weighted by atomic mass is 9.96. The van der Waals surface area contributed by atoms with E-state index < -0.39 is 0 Å². The monoisotopic (exact) mass is 385 g/mol. The molecule has 0 fully saturated rings. The van der Waals surface area contributed by atoms with Gasteiger partial charge in [-0.15, -0.1) is 11.8 Å². The number of nitrogens with zero attached hydrogens (tertiary/aromatic N) is 1. The van der Waals surface area contributed by atoms with Crippen LogP contribution in [-0.4, -0.2) is 27.8 Å². The van der Waals surface area contributed by atoms with Gasteiger partial charge < -0.3 is 4.90 Å². The summed E-state index contributed by atoms with van der Waals surface area (Å²) in [6.07, 6.45) is 4.88. The van der Waals surface area contributed by atoms with Gasteiger partial charge in [0, 0.05) is 21.7 Å². The fraction of sp³-hybridized carbons (Fsp3) is 0.167. The van der Waals surface area contributed by atoms with E-state index in [0.717, 1.165) is 39.4 Å². The first-order chi connectivity index (χ1) is 13.7. The van der Waals surface area contributed by atoms with E-state index in [1.807, 2.05) is 73.7 Å². The summed E-state index contributed by atoms with van der Waals surface area (Å²) in [6, 6.07) is 19.4. The fourth-order valence-corrected chi connectivity index (χ4v) is 5.66. The number of carbonyl (C=O) groups excluding carboxylic acids is 2. The normalized spacial score (nSPS) is 23.3. The molecule has 2 aromatic carbocycles. The highest BCUT2D eigenvalue weighted by molar-refractivity contribution is 8.09. The van der Waals surface area contributed by atoms with Crippen molar-refractivity contribution in [1.82, 2.24) is 4.90 Å². The Morgan fingerprint density at radius 1 is 1.04 bits per heavy atom. The van der Waals surface area contributed by atoms with Crippen LogP contribution < -0.4 is 0 Å². The molecule has 3 heterocycles. The van der Waals surface area contributed by atoms with Gasteiger partial charge in [0.1, 0.15) is 5.70 Å². The molecule has 3 aliphatic heterocycles. The summed E-state index contributed by atoms with van der Waals surface area (Å²) in [4.78, 5) is 29.6. The van der Waals surface area contributed by atoms with Crippen molar-refractivity contribution in [3.8, 4) is 0 Å². The summed E-state index contributed by atoms with van der Waals surface area (Å²) in [5.74, 6) is 0.193. The Kier molecular flexibility index (Phi) is 4.09. The predicted molar refractivity (Wildman–Crippen MR) is 113 cm³/mol. The Labute approximate surface area is 168 Å². The van der Waals surface area contributed by atoms with Crippen molar-refractivity contribution < 1.29 is 9.59 Å². The third kappa shape index (κ3) is 2.52. The maximum absolute atomic E-state index is 13.4. The SMILES string of the molecule is CC1=C2C=CC[C@H]3[C@H](C(=O)c4ccccc4)SC(c4ccccc4)=C(C1=O)N23. The highest BCUT2D eigenvalue weighted by Gasteiger charge is 2.48. The number of ketones is 2. The maximum atomic E-state index is 13.4. The summed E-state index contributed by atoms with van der Waals surface area (Å²) in [5.41, 5.74) is 4.14. The highest BCUT2D eigenvalue weighted by atomic mass is 32.2. The molecule has 28 heavy (non-hydrogen) atoms. The molecular weight excluding hydrogens is 366 g/mol. The zero-order valence-corrected chi connectivity index (χ0v) is 16.3. The van der Waals surface area contributed by atoms with Crippen LogP contribution in [-0.2, 0) is 4.79 Å². The van der Waals surface area contributed by atoms with E-state index >= 15 is 0 Å². The van der Waals surface area contributed by atoms with E-state index in [0.29, 0.717) is 0 Å². The predicted octanol–water partition coefficient (Wildman–Crippen LogP) is 4.84. The minimum absolute atomic E-state index is 0.0402. The molecule has 3 nitrogen and oxygen atoms in total. The lowest BCUT2D eigenvalue weighted by molar-refractivity contribution is -0.112. The molecule has 0 saturated carbocycles. The van der Waals surface area contributed by atoms with Gasteiger partial charge in [-0.05, 0) is 25.0 Å². The molecule has 3 aliphatic rings. The number of hydrogen-bond donors (Lipinski definition) is 0. The van der Waals surface area contributed by atoms with Crippen LogP contribution in [0.1, 0.15) is 29.3 Å². The third-order valence-corrected chi connectivity index (χ3v) is 7.03. The maximum Gasteiger partial charge on any atom is 0.208 e. The van der Waals surface area contributed by atoms with Crippen molar-refractivity contribution in [3.63, 3.8) is 0 Å². The summed E-state index contributed by atoms with van der Waals surface area (Å²) in [7, 11) is 0. The molecule has 0 amide bonds. The number of Topliss-reactive ketones (excluding diaryl/α,β-unsaturated/α-hetero) is 2. The molecule has 0 radical (unpaired) electrons. The summed E-state index contributed by atoms with van der Waals surface area (Å²) in [6.45, 7) is 1.89. The largest absolute Gasteiger partial charge is 0.332 e. The van der Waals surface area contributed by atoms with E-state index in [1.165, 1.54) is 0 Å². The Morgan fingerprint density at radius 3 is 2.43 bits per heavy atom. The summed E-state index contributed by atoms with van der Waals surface area (Å²) >= 11 is 1.55.